The van der Waals surface area contributed by atoms with E-state index in [-0.39, 0.29) is 5.71 Å². The zero-order valence-electron chi connectivity index (χ0n) is 9.31. The molecule has 0 aliphatic rings. The van der Waals surface area contributed by atoms with Crippen molar-refractivity contribution in [3.05, 3.63) is 52.6 Å². The first kappa shape index (κ1) is 12.3. The average Bonchev–Trinajstić information content (AvgIpc) is 2.38. The molecule has 2 aromatic rings. The Bertz CT molecular complexity index is 631. The van der Waals surface area contributed by atoms with Crippen molar-refractivity contribution in [1.29, 1.82) is 10.7 Å². The lowest BCUT2D eigenvalue weighted by atomic mass is 10.1. The molecule has 1 aromatic carbocycles. The van der Waals surface area contributed by atoms with Crippen molar-refractivity contribution in [1.82, 2.24) is 4.98 Å². The zero-order valence-corrected chi connectivity index (χ0v) is 10.9. The Balaban J connectivity index is 2.35. The van der Waals surface area contributed by atoms with Gasteiger partial charge in [0.1, 0.15) is 17.6 Å². The smallest absolute Gasteiger partial charge is 0.143 e. The van der Waals surface area contributed by atoms with Crippen LogP contribution in [-0.4, -0.2) is 10.7 Å². The Labute approximate surface area is 113 Å². The molecule has 1 heterocycles. The van der Waals surface area contributed by atoms with E-state index < -0.39 is 0 Å². The lowest BCUT2D eigenvalue weighted by Crippen LogP contribution is -2.03. The van der Waals surface area contributed by atoms with Gasteiger partial charge in [-0.1, -0.05) is 22.0 Å². The van der Waals surface area contributed by atoms with Crippen molar-refractivity contribution in [2.75, 3.05) is 5.32 Å². The molecule has 0 spiro atoms. The predicted molar refractivity (Wildman–Crippen MR) is 74.1 cm³/mol. The second kappa shape index (κ2) is 5.43. The van der Waals surface area contributed by atoms with Crippen molar-refractivity contribution in [3.63, 3.8) is 0 Å². The van der Waals surface area contributed by atoms with Crippen LogP contribution >= 0.6 is 15.9 Å². The number of nitrogens with zero attached hydrogens (tertiary/aromatic N) is 2. The highest BCUT2D eigenvalue weighted by molar-refractivity contribution is 9.10. The van der Waals surface area contributed by atoms with Crippen molar-refractivity contribution in [3.8, 4) is 6.07 Å². The molecule has 2 rings (SSSR count). The van der Waals surface area contributed by atoms with E-state index in [1.807, 2.05) is 30.3 Å². The van der Waals surface area contributed by atoms with Gasteiger partial charge in [-0.25, -0.2) is 4.98 Å². The van der Waals surface area contributed by atoms with E-state index >= 15 is 0 Å². The van der Waals surface area contributed by atoms with E-state index in [2.05, 4.69) is 26.2 Å². The Morgan fingerprint density at radius 1 is 1.33 bits per heavy atom. The monoisotopic (exact) mass is 300 g/mol. The number of hydrogen-bond acceptors (Lipinski definition) is 4. The number of aromatic nitrogens is 1. The summed E-state index contributed by atoms with van der Waals surface area (Å²) < 4.78 is 0.945. The highest BCUT2D eigenvalue weighted by atomic mass is 79.9. The summed E-state index contributed by atoms with van der Waals surface area (Å²) in [5, 5.41) is 19.5. The molecule has 0 aliphatic heterocycles. The summed E-state index contributed by atoms with van der Waals surface area (Å²) in [5.41, 5.74) is 1.22. The first-order chi connectivity index (χ1) is 8.70. The van der Waals surface area contributed by atoms with Crippen LogP contribution in [0.5, 0.6) is 0 Å². The molecule has 1 aromatic heterocycles. The van der Waals surface area contributed by atoms with E-state index in [1.165, 1.54) is 0 Å². The fourth-order valence-corrected chi connectivity index (χ4v) is 1.87. The minimum absolute atomic E-state index is 0.111. The fraction of sp³-hybridized carbons (Fsp3) is 0. The number of rotatable bonds is 3. The maximum absolute atomic E-state index is 8.79. The third kappa shape index (κ3) is 2.73. The maximum Gasteiger partial charge on any atom is 0.143 e. The van der Waals surface area contributed by atoms with Crippen LogP contribution in [0.3, 0.4) is 0 Å². The topological polar surface area (TPSA) is 72.6 Å². The third-order valence-corrected chi connectivity index (χ3v) is 2.77. The minimum Gasteiger partial charge on any atom is -0.340 e. The SMILES string of the molecule is N#CC(=N)c1cccnc1Nc1cccc(Br)c1. The normalized spacial score (nSPS) is 9.56. The molecule has 4 nitrogen and oxygen atoms in total. The summed E-state index contributed by atoms with van der Waals surface area (Å²) in [5.74, 6) is 0.502. The molecule has 88 valence electrons. The molecule has 0 bridgehead atoms. The van der Waals surface area contributed by atoms with Gasteiger partial charge in [0.2, 0.25) is 0 Å². The maximum atomic E-state index is 8.79. The zero-order chi connectivity index (χ0) is 13.0. The molecule has 5 heteroatoms. The van der Waals surface area contributed by atoms with E-state index in [1.54, 1.807) is 18.3 Å². The van der Waals surface area contributed by atoms with Gasteiger partial charge in [-0.05, 0) is 30.3 Å². The van der Waals surface area contributed by atoms with Gasteiger partial charge in [-0.15, -0.1) is 0 Å². The van der Waals surface area contributed by atoms with Crippen LogP contribution in [-0.2, 0) is 0 Å². The van der Waals surface area contributed by atoms with E-state index in [9.17, 15) is 0 Å². The van der Waals surface area contributed by atoms with E-state index in [0.717, 1.165) is 10.2 Å². The number of halogens is 1. The Hall–Kier alpha value is -2.19. The predicted octanol–water partition coefficient (Wildman–Crippen LogP) is 3.48. The highest BCUT2D eigenvalue weighted by Gasteiger charge is 2.08. The Morgan fingerprint density at radius 3 is 2.89 bits per heavy atom. The molecule has 0 radical (unpaired) electrons. The van der Waals surface area contributed by atoms with Gasteiger partial charge in [-0.2, -0.15) is 5.26 Å². The van der Waals surface area contributed by atoms with Crippen molar-refractivity contribution in [2.24, 2.45) is 0 Å². The summed E-state index contributed by atoms with van der Waals surface area (Å²) >= 11 is 3.38. The quantitative estimate of drug-likeness (QED) is 0.852. The summed E-state index contributed by atoms with van der Waals surface area (Å²) in [6.07, 6.45) is 1.62. The van der Waals surface area contributed by atoms with Gasteiger partial charge in [0, 0.05) is 16.4 Å². The van der Waals surface area contributed by atoms with Gasteiger partial charge in [0.25, 0.3) is 0 Å². The van der Waals surface area contributed by atoms with Gasteiger partial charge in [-0.3, -0.25) is 5.41 Å². The largest absolute Gasteiger partial charge is 0.340 e. The van der Waals surface area contributed by atoms with Crippen LogP contribution in [0.25, 0.3) is 0 Å². The molecule has 0 unspecified atom stereocenters. The number of pyridine rings is 1. The van der Waals surface area contributed by atoms with Crippen LogP contribution in [0.1, 0.15) is 5.56 Å². The number of benzene rings is 1. The van der Waals surface area contributed by atoms with Gasteiger partial charge in [0.15, 0.2) is 0 Å². The fourth-order valence-electron chi connectivity index (χ4n) is 1.47. The first-order valence-corrected chi connectivity index (χ1v) is 5.96. The van der Waals surface area contributed by atoms with Gasteiger partial charge >= 0.3 is 0 Å². The summed E-state index contributed by atoms with van der Waals surface area (Å²) in [7, 11) is 0. The second-order valence-electron chi connectivity index (χ2n) is 3.52. The highest BCUT2D eigenvalue weighted by Crippen LogP contribution is 2.21. The molecular formula is C13H9BrN4. The molecule has 0 amide bonds. The van der Waals surface area contributed by atoms with Crippen molar-refractivity contribution < 1.29 is 0 Å². The van der Waals surface area contributed by atoms with Crippen LogP contribution in [0, 0.1) is 16.7 Å². The Kier molecular flexibility index (Phi) is 3.70. The minimum atomic E-state index is -0.111. The molecular weight excluding hydrogens is 292 g/mol. The second-order valence-corrected chi connectivity index (χ2v) is 4.44. The third-order valence-electron chi connectivity index (χ3n) is 2.28. The lowest BCUT2D eigenvalue weighted by molar-refractivity contribution is 1.29. The standard InChI is InChI=1S/C13H9BrN4/c14-9-3-1-4-10(7-9)18-13-11(12(16)8-15)5-2-6-17-13/h1-7,16H,(H,17,18). The van der Waals surface area contributed by atoms with Crippen LogP contribution < -0.4 is 5.32 Å². The summed E-state index contributed by atoms with van der Waals surface area (Å²) in [6, 6.07) is 12.8. The number of nitrogens with one attached hydrogen (secondary N) is 2. The molecule has 2 N–H and O–H groups in total. The number of hydrogen-bond donors (Lipinski definition) is 2. The number of nitriles is 1. The summed E-state index contributed by atoms with van der Waals surface area (Å²) in [6.45, 7) is 0. The van der Waals surface area contributed by atoms with Gasteiger partial charge < -0.3 is 5.32 Å². The van der Waals surface area contributed by atoms with Crippen molar-refractivity contribution >= 4 is 33.1 Å². The average molecular weight is 301 g/mol. The van der Waals surface area contributed by atoms with Crippen molar-refractivity contribution in [2.45, 2.75) is 0 Å². The lowest BCUT2D eigenvalue weighted by Gasteiger charge is -2.09. The van der Waals surface area contributed by atoms with Gasteiger partial charge in [0.05, 0.1) is 5.56 Å². The Morgan fingerprint density at radius 2 is 2.17 bits per heavy atom. The van der Waals surface area contributed by atoms with Crippen LogP contribution in [0.4, 0.5) is 11.5 Å². The molecule has 0 saturated heterocycles. The molecule has 0 aliphatic carbocycles. The van der Waals surface area contributed by atoms with E-state index in [0.29, 0.717) is 11.4 Å². The van der Waals surface area contributed by atoms with Crippen LogP contribution in [0.2, 0.25) is 0 Å². The summed E-state index contributed by atoms with van der Waals surface area (Å²) in [4.78, 5) is 4.15. The molecule has 0 fully saturated rings. The molecule has 18 heavy (non-hydrogen) atoms. The molecule has 0 atom stereocenters. The van der Waals surface area contributed by atoms with E-state index in [4.69, 9.17) is 10.7 Å². The first-order valence-electron chi connectivity index (χ1n) is 5.17. The number of anilines is 2. The van der Waals surface area contributed by atoms with Crippen LogP contribution in [0.15, 0.2) is 47.1 Å². The molecule has 0 saturated carbocycles.